The lowest BCUT2D eigenvalue weighted by Gasteiger charge is -2.09. The second kappa shape index (κ2) is 7.04. The molecule has 0 bridgehead atoms. The Morgan fingerprint density at radius 2 is 2.05 bits per heavy atom. The lowest BCUT2D eigenvalue weighted by Crippen LogP contribution is -2.08. The predicted molar refractivity (Wildman–Crippen MR) is 78.9 cm³/mol. The van der Waals surface area contributed by atoms with Crippen LogP contribution in [0.5, 0.6) is 0 Å². The molecule has 0 aromatic carbocycles. The summed E-state index contributed by atoms with van der Waals surface area (Å²) in [6.07, 6.45) is 4.49. The number of hydrogen-bond acceptors (Lipinski definition) is 6. The van der Waals surface area contributed by atoms with Crippen LogP contribution in [0.15, 0.2) is 34.0 Å². The Morgan fingerprint density at radius 3 is 2.68 bits per heavy atom. The molecule has 102 valence electrons. The third-order valence-electron chi connectivity index (χ3n) is 2.50. The van der Waals surface area contributed by atoms with Crippen molar-refractivity contribution in [2.75, 3.05) is 30.0 Å². The number of aromatic nitrogens is 2. The van der Waals surface area contributed by atoms with E-state index in [0.29, 0.717) is 0 Å². The Bertz CT molecular complexity index is 501. The van der Waals surface area contributed by atoms with E-state index in [9.17, 15) is 0 Å². The minimum Gasteiger partial charge on any atom is -0.469 e. The third kappa shape index (κ3) is 4.17. The van der Waals surface area contributed by atoms with Gasteiger partial charge in [-0.05, 0) is 25.3 Å². The molecule has 0 spiro atoms. The van der Waals surface area contributed by atoms with Crippen LogP contribution in [0.3, 0.4) is 0 Å². The third-order valence-corrected chi connectivity index (χ3v) is 3.05. The highest BCUT2D eigenvalue weighted by Gasteiger charge is 2.03. The highest BCUT2D eigenvalue weighted by atomic mass is 32.2. The summed E-state index contributed by atoms with van der Waals surface area (Å²) in [4.78, 5) is 8.80. The van der Waals surface area contributed by atoms with Gasteiger partial charge in [-0.1, -0.05) is 11.8 Å². The lowest BCUT2D eigenvalue weighted by molar-refractivity contribution is 0.513. The number of rotatable bonds is 7. The van der Waals surface area contributed by atoms with Crippen LogP contribution in [0.4, 0.5) is 11.6 Å². The van der Waals surface area contributed by atoms with Crippen molar-refractivity contribution in [3.05, 3.63) is 30.2 Å². The van der Waals surface area contributed by atoms with Crippen molar-refractivity contribution in [1.82, 2.24) is 9.97 Å². The summed E-state index contributed by atoms with van der Waals surface area (Å²) in [5, 5.41) is 7.26. The molecule has 2 rings (SSSR count). The number of nitrogens with zero attached hydrogens (tertiary/aromatic N) is 2. The SMILES string of the molecule is CCNc1cc(NCCc2ccco2)nc(SC)n1. The minimum absolute atomic E-state index is 0.763. The fourth-order valence-corrected chi connectivity index (χ4v) is 2.03. The Labute approximate surface area is 117 Å². The molecule has 0 saturated heterocycles. The van der Waals surface area contributed by atoms with E-state index in [1.165, 1.54) is 11.8 Å². The van der Waals surface area contributed by atoms with Crippen molar-refractivity contribution < 1.29 is 4.42 Å². The van der Waals surface area contributed by atoms with E-state index in [-0.39, 0.29) is 0 Å². The first-order valence-corrected chi connectivity index (χ1v) is 7.47. The van der Waals surface area contributed by atoms with Crippen LogP contribution in [0.25, 0.3) is 0 Å². The van der Waals surface area contributed by atoms with E-state index in [2.05, 4.69) is 20.6 Å². The van der Waals surface area contributed by atoms with E-state index in [1.807, 2.05) is 31.4 Å². The van der Waals surface area contributed by atoms with Gasteiger partial charge < -0.3 is 15.1 Å². The Balaban J connectivity index is 1.96. The monoisotopic (exact) mass is 278 g/mol. The summed E-state index contributed by atoms with van der Waals surface area (Å²) in [7, 11) is 0. The summed E-state index contributed by atoms with van der Waals surface area (Å²) in [5.74, 6) is 2.66. The largest absolute Gasteiger partial charge is 0.469 e. The molecule has 19 heavy (non-hydrogen) atoms. The quantitative estimate of drug-likeness (QED) is 0.600. The van der Waals surface area contributed by atoms with Crippen molar-refractivity contribution in [3.8, 4) is 0 Å². The summed E-state index contributed by atoms with van der Waals surface area (Å²) in [6.45, 7) is 3.67. The van der Waals surface area contributed by atoms with Crippen LogP contribution < -0.4 is 10.6 Å². The van der Waals surface area contributed by atoms with E-state index in [1.54, 1.807) is 6.26 Å². The highest BCUT2D eigenvalue weighted by molar-refractivity contribution is 7.98. The van der Waals surface area contributed by atoms with E-state index >= 15 is 0 Å². The normalized spacial score (nSPS) is 10.4. The van der Waals surface area contributed by atoms with Gasteiger partial charge in [0, 0.05) is 25.6 Å². The van der Waals surface area contributed by atoms with Gasteiger partial charge in [-0.25, -0.2) is 9.97 Å². The number of nitrogens with one attached hydrogen (secondary N) is 2. The first kappa shape index (κ1) is 13.7. The van der Waals surface area contributed by atoms with Crippen LogP contribution in [0, 0.1) is 0 Å². The average Bonchev–Trinajstić information content (AvgIpc) is 2.92. The molecular formula is C13H18N4OS. The predicted octanol–water partition coefficient (Wildman–Crippen LogP) is 2.88. The van der Waals surface area contributed by atoms with Crippen molar-refractivity contribution in [2.24, 2.45) is 0 Å². The molecule has 0 fully saturated rings. The average molecular weight is 278 g/mol. The van der Waals surface area contributed by atoms with Crippen molar-refractivity contribution >= 4 is 23.4 Å². The van der Waals surface area contributed by atoms with Crippen molar-refractivity contribution in [1.29, 1.82) is 0 Å². The second-order valence-electron chi connectivity index (χ2n) is 3.91. The maximum atomic E-state index is 5.29. The zero-order valence-corrected chi connectivity index (χ0v) is 12.0. The first-order valence-electron chi connectivity index (χ1n) is 6.25. The molecule has 0 saturated carbocycles. The van der Waals surface area contributed by atoms with Crippen LogP contribution in [0.1, 0.15) is 12.7 Å². The van der Waals surface area contributed by atoms with Crippen molar-refractivity contribution in [2.45, 2.75) is 18.5 Å². The number of anilines is 2. The Hall–Kier alpha value is -1.69. The van der Waals surface area contributed by atoms with E-state index < -0.39 is 0 Å². The maximum Gasteiger partial charge on any atom is 0.191 e. The molecule has 2 aromatic rings. The smallest absolute Gasteiger partial charge is 0.191 e. The van der Waals surface area contributed by atoms with Gasteiger partial charge >= 0.3 is 0 Å². The summed E-state index contributed by atoms with van der Waals surface area (Å²) >= 11 is 1.53. The molecule has 0 atom stereocenters. The molecule has 2 heterocycles. The fourth-order valence-electron chi connectivity index (χ4n) is 1.65. The number of thioether (sulfide) groups is 1. The standard InChI is InChI=1S/C13H18N4OS/c1-3-14-11-9-12(17-13(16-11)19-2)15-7-6-10-5-4-8-18-10/h4-5,8-9H,3,6-7H2,1-2H3,(H2,14,15,16,17). The van der Waals surface area contributed by atoms with Crippen LogP contribution in [-0.2, 0) is 6.42 Å². The number of furan rings is 1. The molecule has 0 unspecified atom stereocenters. The molecular weight excluding hydrogens is 260 g/mol. The van der Waals surface area contributed by atoms with Gasteiger partial charge in [0.25, 0.3) is 0 Å². The summed E-state index contributed by atoms with van der Waals surface area (Å²) < 4.78 is 5.29. The molecule has 2 N–H and O–H groups in total. The summed E-state index contributed by atoms with van der Waals surface area (Å²) in [5.41, 5.74) is 0. The molecule has 6 heteroatoms. The van der Waals surface area contributed by atoms with Gasteiger partial charge in [0.05, 0.1) is 6.26 Å². The minimum atomic E-state index is 0.763. The molecule has 0 aliphatic heterocycles. The van der Waals surface area contributed by atoms with Gasteiger partial charge in [-0.3, -0.25) is 0 Å². The van der Waals surface area contributed by atoms with Crippen LogP contribution in [-0.4, -0.2) is 29.3 Å². The topological polar surface area (TPSA) is 63.0 Å². The zero-order valence-electron chi connectivity index (χ0n) is 11.1. The maximum absolute atomic E-state index is 5.29. The highest BCUT2D eigenvalue weighted by Crippen LogP contribution is 2.17. The van der Waals surface area contributed by atoms with Gasteiger partial charge in [-0.2, -0.15) is 0 Å². The zero-order chi connectivity index (χ0) is 13.5. The fraction of sp³-hybridized carbons (Fsp3) is 0.385. The molecule has 2 aromatic heterocycles. The number of hydrogen-bond donors (Lipinski definition) is 2. The molecule has 0 amide bonds. The van der Waals surface area contributed by atoms with E-state index in [0.717, 1.165) is 42.1 Å². The molecule has 0 aliphatic rings. The first-order chi connectivity index (χ1) is 9.31. The Kier molecular flexibility index (Phi) is 5.09. The second-order valence-corrected chi connectivity index (χ2v) is 4.68. The van der Waals surface area contributed by atoms with E-state index in [4.69, 9.17) is 4.42 Å². The van der Waals surface area contributed by atoms with Gasteiger partial charge in [-0.15, -0.1) is 0 Å². The van der Waals surface area contributed by atoms with Crippen molar-refractivity contribution in [3.63, 3.8) is 0 Å². The molecule has 0 aliphatic carbocycles. The van der Waals surface area contributed by atoms with Gasteiger partial charge in [0.2, 0.25) is 0 Å². The Morgan fingerprint density at radius 1 is 1.26 bits per heavy atom. The lowest BCUT2D eigenvalue weighted by atomic mass is 10.3. The van der Waals surface area contributed by atoms with Gasteiger partial charge in [0.15, 0.2) is 5.16 Å². The molecule has 5 nitrogen and oxygen atoms in total. The van der Waals surface area contributed by atoms with Crippen LogP contribution in [0.2, 0.25) is 0 Å². The van der Waals surface area contributed by atoms with Crippen LogP contribution >= 0.6 is 11.8 Å². The van der Waals surface area contributed by atoms with Gasteiger partial charge in [0.1, 0.15) is 17.4 Å². The molecule has 0 radical (unpaired) electrons. The summed E-state index contributed by atoms with van der Waals surface area (Å²) in [6, 6.07) is 5.79.